The van der Waals surface area contributed by atoms with Gasteiger partial charge in [-0.2, -0.15) is 0 Å². The van der Waals surface area contributed by atoms with Crippen molar-refractivity contribution in [1.29, 1.82) is 0 Å². The van der Waals surface area contributed by atoms with Crippen LogP contribution in [0.3, 0.4) is 0 Å². The first-order valence-corrected chi connectivity index (χ1v) is 10.2. The molecule has 1 saturated heterocycles. The predicted octanol–water partition coefficient (Wildman–Crippen LogP) is 3.06. The summed E-state index contributed by atoms with van der Waals surface area (Å²) in [5, 5.41) is 11.7. The third-order valence-corrected chi connectivity index (χ3v) is 5.60. The number of rotatable bonds is 6. The highest BCUT2D eigenvalue weighted by atomic mass is 35.5. The van der Waals surface area contributed by atoms with Gasteiger partial charge >= 0.3 is 0 Å². The first kappa shape index (κ1) is 23.2. The number of nitrogens with one attached hydrogen (secondary N) is 3. The van der Waals surface area contributed by atoms with Gasteiger partial charge in [-0.25, -0.2) is 0 Å². The van der Waals surface area contributed by atoms with Crippen LogP contribution in [0.25, 0.3) is 10.8 Å². The van der Waals surface area contributed by atoms with Crippen molar-refractivity contribution in [2.75, 3.05) is 13.1 Å². The molecule has 3 atom stereocenters. The molecule has 29 heavy (non-hydrogen) atoms. The summed E-state index contributed by atoms with van der Waals surface area (Å²) >= 11 is 0. The molecule has 0 bridgehead atoms. The van der Waals surface area contributed by atoms with E-state index in [2.05, 4.69) is 28.9 Å². The minimum Gasteiger partial charge on any atom is -0.350 e. The van der Waals surface area contributed by atoms with Crippen LogP contribution in [0.1, 0.15) is 32.8 Å². The molecule has 0 aliphatic carbocycles. The standard InChI is InChI=1S/C23H31N3O2.ClH/c1-15(2)22(23(28)25-20-14-24-11-10-16(20)3)26-21(27)13-17-8-9-18-6-4-5-7-19(18)12-17;/h4-9,12,15-16,20,22,24H,10-11,13-14H2,1-3H3,(H,25,28)(H,26,27);1H. The fourth-order valence-corrected chi connectivity index (χ4v) is 3.75. The van der Waals surface area contributed by atoms with Crippen molar-refractivity contribution < 1.29 is 9.59 Å². The molecule has 3 rings (SSSR count). The van der Waals surface area contributed by atoms with Crippen molar-refractivity contribution >= 4 is 35.0 Å². The van der Waals surface area contributed by atoms with E-state index in [0.717, 1.165) is 35.8 Å². The van der Waals surface area contributed by atoms with Gasteiger partial charge in [0.25, 0.3) is 0 Å². The highest BCUT2D eigenvalue weighted by Gasteiger charge is 2.29. The summed E-state index contributed by atoms with van der Waals surface area (Å²) < 4.78 is 0. The SMILES string of the molecule is CC(C)C(NC(=O)Cc1ccc2ccccc2c1)C(=O)NC1CNCCC1C.Cl. The molecule has 3 unspecified atom stereocenters. The zero-order chi connectivity index (χ0) is 20.1. The maximum atomic E-state index is 12.8. The van der Waals surface area contributed by atoms with Crippen LogP contribution in [0.2, 0.25) is 0 Å². The quantitative estimate of drug-likeness (QED) is 0.676. The lowest BCUT2D eigenvalue weighted by molar-refractivity contribution is -0.130. The molecule has 2 aromatic carbocycles. The molecule has 3 N–H and O–H groups in total. The second kappa shape index (κ2) is 10.6. The molecule has 158 valence electrons. The molecule has 1 fully saturated rings. The van der Waals surface area contributed by atoms with Gasteiger partial charge in [-0.15, -0.1) is 12.4 Å². The zero-order valence-corrected chi connectivity index (χ0v) is 18.2. The smallest absolute Gasteiger partial charge is 0.243 e. The lowest BCUT2D eigenvalue weighted by atomic mass is 9.93. The van der Waals surface area contributed by atoms with Gasteiger partial charge in [0.2, 0.25) is 11.8 Å². The van der Waals surface area contributed by atoms with Crippen molar-refractivity contribution in [3.05, 3.63) is 48.0 Å². The van der Waals surface area contributed by atoms with Crippen LogP contribution in [0.4, 0.5) is 0 Å². The van der Waals surface area contributed by atoms with Crippen LogP contribution >= 0.6 is 12.4 Å². The molecule has 0 spiro atoms. The fraction of sp³-hybridized carbons (Fsp3) is 0.478. The highest BCUT2D eigenvalue weighted by Crippen LogP contribution is 2.16. The Bertz CT molecular complexity index is 840. The fourth-order valence-electron chi connectivity index (χ4n) is 3.75. The second-order valence-electron chi connectivity index (χ2n) is 8.23. The number of amides is 2. The van der Waals surface area contributed by atoms with Crippen molar-refractivity contribution in [3.63, 3.8) is 0 Å². The molecule has 1 aliphatic rings. The van der Waals surface area contributed by atoms with E-state index >= 15 is 0 Å². The summed E-state index contributed by atoms with van der Waals surface area (Å²) in [6.07, 6.45) is 1.31. The molecule has 5 nitrogen and oxygen atoms in total. The number of hydrogen-bond acceptors (Lipinski definition) is 3. The second-order valence-corrected chi connectivity index (χ2v) is 8.23. The van der Waals surface area contributed by atoms with E-state index in [1.165, 1.54) is 0 Å². The Balaban J connectivity index is 0.00000300. The van der Waals surface area contributed by atoms with Crippen LogP contribution in [0.15, 0.2) is 42.5 Å². The van der Waals surface area contributed by atoms with E-state index in [9.17, 15) is 9.59 Å². The average Bonchev–Trinajstić information content (AvgIpc) is 2.67. The first-order valence-electron chi connectivity index (χ1n) is 10.2. The summed E-state index contributed by atoms with van der Waals surface area (Å²) in [6, 6.07) is 13.7. The minimum absolute atomic E-state index is 0. The van der Waals surface area contributed by atoms with Crippen LogP contribution in [-0.4, -0.2) is 37.0 Å². The summed E-state index contributed by atoms with van der Waals surface area (Å²) in [6.45, 7) is 7.85. The van der Waals surface area contributed by atoms with Crippen LogP contribution in [0, 0.1) is 11.8 Å². The molecule has 1 aliphatic heterocycles. The predicted molar refractivity (Wildman–Crippen MR) is 120 cm³/mol. The third kappa shape index (κ3) is 6.18. The van der Waals surface area contributed by atoms with E-state index in [1.807, 2.05) is 50.2 Å². The Kier molecular flexibility index (Phi) is 8.47. The monoisotopic (exact) mass is 417 g/mol. The van der Waals surface area contributed by atoms with Crippen LogP contribution in [0.5, 0.6) is 0 Å². The van der Waals surface area contributed by atoms with Gasteiger partial charge < -0.3 is 16.0 Å². The van der Waals surface area contributed by atoms with E-state index in [4.69, 9.17) is 0 Å². The summed E-state index contributed by atoms with van der Waals surface area (Å²) in [4.78, 5) is 25.4. The van der Waals surface area contributed by atoms with Gasteiger partial charge in [-0.1, -0.05) is 63.2 Å². The van der Waals surface area contributed by atoms with E-state index in [-0.39, 0.29) is 42.6 Å². The zero-order valence-electron chi connectivity index (χ0n) is 17.4. The Labute approximate surface area is 179 Å². The summed E-state index contributed by atoms with van der Waals surface area (Å²) in [5.41, 5.74) is 0.948. The summed E-state index contributed by atoms with van der Waals surface area (Å²) in [7, 11) is 0. The van der Waals surface area contributed by atoms with Crippen molar-refractivity contribution in [2.45, 2.75) is 45.7 Å². The molecule has 2 aromatic rings. The molecule has 0 saturated carbocycles. The van der Waals surface area contributed by atoms with E-state index in [0.29, 0.717) is 5.92 Å². The number of benzene rings is 2. The third-order valence-electron chi connectivity index (χ3n) is 5.60. The molecule has 6 heteroatoms. The lowest BCUT2D eigenvalue weighted by Gasteiger charge is -2.32. The topological polar surface area (TPSA) is 70.2 Å². The highest BCUT2D eigenvalue weighted by molar-refractivity contribution is 5.90. The van der Waals surface area contributed by atoms with Gasteiger partial charge in [-0.05, 0) is 41.1 Å². The van der Waals surface area contributed by atoms with Gasteiger partial charge in [0.15, 0.2) is 0 Å². The number of carbonyl (C=O) groups excluding carboxylic acids is 2. The molecular weight excluding hydrogens is 386 g/mol. The molecule has 0 aromatic heterocycles. The number of fused-ring (bicyclic) bond motifs is 1. The van der Waals surface area contributed by atoms with Crippen LogP contribution < -0.4 is 16.0 Å². The number of hydrogen-bond donors (Lipinski definition) is 3. The Morgan fingerprint density at radius 1 is 1.14 bits per heavy atom. The minimum atomic E-state index is -0.526. The largest absolute Gasteiger partial charge is 0.350 e. The maximum absolute atomic E-state index is 12.8. The molecule has 0 radical (unpaired) electrons. The van der Waals surface area contributed by atoms with Gasteiger partial charge in [-0.3, -0.25) is 9.59 Å². The number of carbonyl (C=O) groups is 2. The Hall–Kier alpha value is -2.11. The first-order chi connectivity index (χ1) is 13.4. The molecule has 2 amide bonds. The molecule has 1 heterocycles. The van der Waals surface area contributed by atoms with Crippen molar-refractivity contribution in [1.82, 2.24) is 16.0 Å². The molecular formula is C23H32ClN3O2. The van der Waals surface area contributed by atoms with Gasteiger partial charge in [0.05, 0.1) is 6.42 Å². The Morgan fingerprint density at radius 3 is 2.55 bits per heavy atom. The number of halogens is 1. The van der Waals surface area contributed by atoms with Crippen molar-refractivity contribution in [2.24, 2.45) is 11.8 Å². The van der Waals surface area contributed by atoms with Gasteiger partial charge in [0, 0.05) is 12.6 Å². The van der Waals surface area contributed by atoms with E-state index in [1.54, 1.807) is 0 Å². The lowest BCUT2D eigenvalue weighted by Crippen LogP contribution is -2.57. The average molecular weight is 418 g/mol. The van der Waals surface area contributed by atoms with E-state index < -0.39 is 6.04 Å². The maximum Gasteiger partial charge on any atom is 0.243 e. The summed E-state index contributed by atoms with van der Waals surface area (Å²) in [5.74, 6) is 0.236. The number of piperidine rings is 1. The normalized spacial score (nSPS) is 20.0. The van der Waals surface area contributed by atoms with Gasteiger partial charge in [0.1, 0.15) is 6.04 Å². The van der Waals surface area contributed by atoms with Crippen LogP contribution in [-0.2, 0) is 16.0 Å². The Morgan fingerprint density at radius 2 is 1.86 bits per heavy atom. The van der Waals surface area contributed by atoms with Crippen molar-refractivity contribution in [3.8, 4) is 0 Å².